The molecule has 114 valence electrons. The molecule has 3 heteroatoms. The number of nitrogens with one attached hydrogen (secondary N) is 1. The Bertz CT molecular complexity index is 492. The van der Waals surface area contributed by atoms with E-state index in [9.17, 15) is 0 Å². The minimum absolute atomic E-state index is 0.710. The van der Waals surface area contributed by atoms with Gasteiger partial charge in [0.1, 0.15) is 5.75 Å². The molecule has 0 radical (unpaired) electrons. The van der Waals surface area contributed by atoms with Crippen LogP contribution in [-0.4, -0.2) is 37.2 Å². The van der Waals surface area contributed by atoms with E-state index in [1.54, 1.807) is 0 Å². The number of hydrogen-bond acceptors (Lipinski definition) is 3. The smallest absolute Gasteiger partial charge is 0.122 e. The number of ether oxygens (including phenoxy) is 1. The molecule has 0 spiro atoms. The van der Waals surface area contributed by atoms with Gasteiger partial charge in [0.15, 0.2) is 0 Å². The van der Waals surface area contributed by atoms with E-state index in [-0.39, 0.29) is 0 Å². The van der Waals surface area contributed by atoms with Crippen molar-refractivity contribution >= 4 is 0 Å². The molecule has 4 rings (SSSR count). The summed E-state index contributed by atoms with van der Waals surface area (Å²) in [5.74, 6) is 2.06. The molecule has 3 nitrogen and oxygen atoms in total. The Hall–Kier alpha value is -1.06. The molecule has 1 aliphatic carbocycles. The van der Waals surface area contributed by atoms with Gasteiger partial charge in [-0.05, 0) is 55.3 Å². The zero-order valence-electron chi connectivity index (χ0n) is 12.8. The Labute approximate surface area is 127 Å². The summed E-state index contributed by atoms with van der Waals surface area (Å²) < 4.78 is 5.62. The first-order valence-electron chi connectivity index (χ1n) is 8.57. The van der Waals surface area contributed by atoms with Crippen LogP contribution in [0.25, 0.3) is 0 Å². The van der Waals surface area contributed by atoms with Crippen molar-refractivity contribution in [3.63, 3.8) is 0 Å². The molecule has 1 saturated heterocycles. The molecule has 1 atom stereocenters. The van der Waals surface area contributed by atoms with E-state index in [4.69, 9.17) is 4.74 Å². The molecule has 2 aliphatic heterocycles. The second-order valence-electron chi connectivity index (χ2n) is 6.97. The van der Waals surface area contributed by atoms with Crippen LogP contribution in [0, 0.1) is 5.92 Å². The third-order valence-corrected chi connectivity index (χ3v) is 5.01. The van der Waals surface area contributed by atoms with Crippen molar-refractivity contribution in [2.75, 3.05) is 26.2 Å². The summed E-state index contributed by atoms with van der Waals surface area (Å²) in [4.78, 5) is 2.68. The zero-order chi connectivity index (χ0) is 14.1. The highest BCUT2D eigenvalue weighted by atomic mass is 16.5. The Kier molecular flexibility index (Phi) is 3.87. The molecule has 2 heterocycles. The van der Waals surface area contributed by atoms with Gasteiger partial charge in [0, 0.05) is 32.1 Å². The predicted octanol–water partition coefficient (Wildman–Crippen LogP) is 2.59. The Balaban J connectivity index is 1.42. The van der Waals surface area contributed by atoms with Gasteiger partial charge < -0.3 is 10.1 Å². The number of benzene rings is 1. The highest BCUT2D eigenvalue weighted by molar-refractivity contribution is 5.39. The maximum absolute atomic E-state index is 5.62. The fourth-order valence-electron chi connectivity index (χ4n) is 3.69. The molecule has 2 fully saturated rings. The maximum Gasteiger partial charge on any atom is 0.122 e. The standard InChI is InChI=1S/C18H26N2O/c1-2-17(19-8-1)13-20(11-14-3-4-14)12-15-5-6-18-16(10-15)7-9-21-18/h5-6,10,14,17,19H,1-4,7-9,11-13H2. The summed E-state index contributed by atoms with van der Waals surface area (Å²) in [7, 11) is 0. The van der Waals surface area contributed by atoms with Gasteiger partial charge in [-0.15, -0.1) is 0 Å². The first-order valence-corrected chi connectivity index (χ1v) is 8.57. The largest absolute Gasteiger partial charge is 0.493 e. The summed E-state index contributed by atoms with van der Waals surface area (Å²) in [6, 6.07) is 7.50. The molecule has 0 bridgehead atoms. The van der Waals surface area contributed by atoms with E-state index in [0.717, 1.165) is 31.2 Å². The molecule has 1 saturated carbocycles. The summed E-state index contributed by atoms with van der Waals surface area (Å²) in [6.45, 7) is 5.66. The maximum atomic E-state index is 5.62. The molecule has 21 heavy (non-hydrogen) atoms. The van der Waals surface area contributed by atoms with Gasteiger partial charge in [-0.3, -0.25) is 4.90 Å². The number of nitrogens with zero attached hydrogens (tertiary/aromatic N) is 1. The lowest BCUT2D eigenvalue weighted by Crippen LogP contribution is -2.38. The molecule has 0 aromatic heterocycles. The van der Waals surface area contributed by atoms with Gasteiger partial charge in [-0.25, -0.2) is 0 Å². The summed E-state index contributed by atoms with van der Waals surface area (Å²) in [5, 5.41) is 3.65. The van der Waals surface area contributed by atoms with Gasteiger partial charge in [-0.2, -0.15) is 0 Å². The van der Waals surface area contributed by atoms with Crippen LogP contribution in [0.3, 0.4) is 0 Å². The van der Waals surface area contributed by atoms with Crippen molar-refractivity contribution in [2.45, 2.75) is 44.7 Å². The number of hydrogen-bond donors (Lipinski definition) is 1. The highest BCUT2D eigenvalue weighted by Crippen LogP contribution is 2.31. The monoisotopic (exact) mass is 286 g/mol. The van der Waals surface area contributed by atoms with E-state index in [1.807, 2.05) is 0 Å². The second-order valence-corrected chi connectivity index (χ2v) is 6.97. The van der Waals surface area contributed by atoms with Crippen LogP contribution in [0.1, 0.15) is 36.8 Å². The van der Waals surface area contributed by atoms with Crippen molar-refractivity contribution in [1.29, 1.82) is 0 Å². The van der Waals surface area contributed by atoms with Crippen molar-refractivity contribution in [3.8, 4) is 5.75 Å². The van der Waals surface area contributed by atoms with Crippen LogP contribution >= 0.6 is 0 Å². The van der Waals surface area contributed by atoms with Crippen LogP contribution in [0.4, 0.5) is 0 Å². The van der Waals surface area contributed by atoms with Gasteiger partial charge in [0.05, 0.1) is 6.61 Å². The molecular formula is C18H26N2O. The van der Waals surface area contributed by atoms with Crippen molar-refractivity contribution < 1.29 is 4.74 Å². The predicted molar refractivity (Wildman–Crippen MR) is 84.7 cm³/mol. The quantitative estimate of drug-likeness (QED) is 0.870. The fourth-order valence-corrected chi connectivity index (χ4v) is 3.69. The third-order valence-electron chi connectivity index (χ3n) is 5.01. The van der Waals surface area contributed by atoms with E-state index in [2.05, 4.69) is 28.4 Å². The summed E-state index contributed by atoms with van der Waals surface area (Å²) in [5.41, 5.74) is 2.86. The lowest BCUT2D eigenvalue weighted by Gasteiger charge is -2.26. The molecule has 1 unspecified atom stereocenters. The average molecular weight is 286 g/mol. The first kappa shape index (κ1) is 13.6. The first-order chi connectivity index (χ1) is 10.4. The van der Waals surface area contributed by atoms with E-state index >= 15 is 0 Å². The third kappa shape index (κ3) is 3.41. The second kappa shape index (κ2) is 5.98. The highest BCUT2D eigenvalue weighted by Gasteiger charge is 2.26. The SMILES string of the molecule is c1cc2c(cc1CN(CC1CC1)CC1CCCN1)CCO2. The molecule has 0 amide bonds. The summed E-state index contributed by atoms with van der Waals surface area (Å²) in [6.07, 6.45) is 6.65. The normalized spacial score (nSPS) is 24.3. The van der Waals surface area contributed by atoms with E-state index in [1.165, 1.54) is 56.4 Å². The lowest BCUT2D eigenvalue weighted by molar-refractivity contribution is 0.232. The minimum Gasteiger partial charge on any atom is -0.493 e. The van der Waals surface area contributed by atoms with Crippen molar-refractivity contribution in [1.82, 2.24) is 10.2 Å². The van der Waals surface area contributed by atoms with Crippen molar-refractivity contribution in [2.24, 2.45) is 5.92 Å². The number of rotatable bonds is 6. The van der Waals surface area contributed by atoms with Gasteiger partial charge in [0.2, 0.25) is 0 Å². The van der Waals surface area contributed by atoms with Crippen molar-refractivity contribution in [3.05, 3.63) is 29.3 Å². The Morgan fingerprint density at radius 2 is 2.14 bits per heavy atom. The van der Waals surface area contributed by atoms with Crippen LogP contribution in [0.15, 0.2) is 18.2 Å². The molecule has 1 aromatic carbocycles. The average Bonchev–Trinajstić information content (AvgIpc) is 2.98. The summed E-state index contributed by atoms with van der Waals surface area (Å²) >= 11 is 0. The lowest BCUT2D eigenvalue weighted by atomic mass is 10.1. The molecule has 3 aliphatic rings. The van der Waals surface area contributed by atoms with E-state index < -0.39 is 0 Å². The zero-order valence-corrected chi connectivity index (χ0v) is 12.8. The molecular weight excluding hydrogens is 260 g/mol. The van der Waals surface area contributed by atoms with E-state index in [0.29, 0.717) is 6.04 Å². The fraction of sp³-hybridized carbons (Fsp3) is 0.667. The van der Waals surface area contributed by atoms with Gasteiger partial charge in [-0.1, -0.05) is 12.1 Å². The number of fused-ring (bicyclic) bond motifs is 1. The van der Waals surface area contributed by atoms with Crippen LogP contribution in [-0.2, 0) is 13.0 Å². The van der Waals surface area contributed by atoms with Gasteiger partial charge in [0.25, 0.3) is 0 Å². The molecule has 1 N–H and O–H groups in total. The van der Waals surface area contributed by atoms with Gasteiger partial charge >= 0.3 is 0 Å². The minimum atomic E-state index is 0.710. The topological polar surface area (TPSA) is 24.5 Å². The molecule has 1 aromatic rings. The van der Waals surface area contributed by atoms with Crippen LogP contribution in [0.5, 0.6) is 5.75 Å². The van der Waals surface area contributed by atoms with Crippen LogP contribution in [0.2, 0.25) is 0 Å². The van der Waals surface area contributed by atoms with Crippen LogP contribution < -0.4 is 10.1 Å². The Morgan fingerprint density at radius 3 is 2.95 bits per heavy atom. The Morgan fingerprint density at radius 1 is 1.19 bits per heavy atom.